The third-order valence-corrected chi connectivity index (χ3v) is 4.42. The number of piperidine rings is 1. The summed E-state index contributed by atoms with van der Waals surface area (Å²) in [4.78, 5) is 25.6. The standard InChI is InChI=1S/C15H26N2O3/c18-13(11-15(20)7-3-1-4-8-15)16-12-14(19)17-9-5-2-6-10-17/h20H,1-12H2,(H,16,18). The van der Waals surface area contributed by atoms with Crippen LogP contribution in [0.1, 0.15) is 57.8 Å². The Kier molecular flexibility index (Phi) is 5.40. The average Bonchev–Trinajstić information content (AvgIpc) is 2.46. The van der Waals surface area contributed by atoms with Crippen molar-refractivity contribution in [3.63, 3.8) is 0 Å². The lowest BCUT2D eigenvalue weighted by Gasteiger charge is -2.31. The van der Waals surface area contributed by atoms with E-state index < -0.39 is 5.60 Å². The number of hydrogen-bond acceptors (Lipinski definition) is 3. The zero-order valence-corrected chi connectivity index (χ0v) is 12.2. The lowest BCUT2D eigenvalue weighted by Crippen LogP contribution is -2.44. The van der Waals surface area contributed by atoms with Crippen molar-refractivity contribution in [3.8, 4) is 0 Å². The van der Waals surface area contributed by atoms with Gasteiger partial charge in [-0.1, -0.05) is 19.3 Å². The van der Waals surface area contributed by atoms with Crippen molar-refractivity contribution in [3.05, 3.63) is 0 Å². The van der Waals surface area contributed by atoms with Gasteiger partial charge in [0.25, 0.3) is 0 Å². The molecule has 1 aliphatic carbocycles. The van der Waals surface area contributed by atoms with Crippen LogP contribution in [0.25, 0.3) is 0 Å². The van der Waals surface area contributed by atoms with Crippen molar-refractivity contribution in [2.75, 3.05) is 19.6 Å². The van der Waals surface area contributed by atoms with Crippen LogP contribution in [0.4, 0.5) is 0 Å². The van der Waals surface area contributed by atoms with Gasteiger partial charge in [0.2, 0.25) is 11.8 Å². The third kappa shape index (κ3) is 4.47. The zero-order chi connectivity index (χ0) is 14.4. The quantitative estimate of drug-likeness (QED) is 0.814. The summed E-state index contributed by atoms with van der Waals surface area (Å²) in [5, 5.41) is 13.0. The molecule has 0 spiro atoms. The van der Waals surface area contributed by atoms with Crippen molar-refractivity contribution in [2.24, 2.45) is 0 Å². The van der Waals surface area contributed by atoms with E-state index in [2.05, 4.69) is 5.32 Å². The molecule has 20 heavy (non-hydrogen) atoms. The second kappa shape index (κ2) is 7.07. The molecule has 0 radical (unpaired) electrons. The minimum Gasteiger partial charge on any atom is -0.389 e. The van der Waals surface area contributed by atoms with E-state index in [9.17, 15) is 14.7 Å². The fourth-order valence-electron chi connectivity index (χ4n) is 3.18. The second-order valence-corrected chi connectivity index (χ2v) is 6.18. The Bertz CT molecular complexity index is 345. The van der Waals surface area contributed by atoms with Gasteiger partial charge < -0.3 is 15.3 Å². The molecular weight excluding hydrogens is 256 g/mol. The third-order valence-electron chi connectivity index (χ3n) is 4.42. The van der Waals surface area contributed by atoms with Gasteiger partial charge in [0.15, 0.2) is 0 Å². The Morgan fingerprint density at radius 3 is 2.25 bits per heavy atom. The van der Waals surface area contributed by atoms with Gasteiger partial charge in [0.1, 0.15) is 0 Å². The van der Waals surface area contributed by atoms with Crippen molar-refractivity contribution in [1.82, 2.24) is 10.2 Å². The largest absolute Gasteiger partial charge is 0.389 e. The lowest BCUT2D eigenvalue weighted by molar-refractivity contribution is -0.135. The number of rotatable bonds is 4. The molecule has 0 unspecified atom stereocenters. The summed E-state index contributed by atoms with van der Waals surface area (Å²) < 4.78 is 0. The highest BCUT2D eigenvalue weighted by Crippen LogP contribution is 2.30. The van der Waals surface area contributed by atoms with Crippen LogP contribution in [0.3, 0.4) is 0 Å². The van der Waals surface area contributed by atoms with Crippen LogP contribution in [-0.4, -0.2) is 47.1 Å². The second-order valence-electron chi connectivity index (χ2n) is 6.18. The van der Waals surface area contributed by atoms with Crippen molar-refractivity contribution >= 4 is 11.8 Å². The topological polar surface area (TPSA) is 69.6 Å². The van der Waals surface area contributed by atoms with E-state index in [1.807, 2.05) is 4.90 Å². The Hall–Kier alpha value is -1.10. The molecule has 0 aromatic rings. The van der Waals surface area contributed by atoms with Crippen LogP contribution in [0.15, 0.2) is 0 Å². The van der Waals surface area contributed by atoms with E-state index in [-0.39, 0.29) is 24.8 Å². The Balaban J connectivity index is 1.70. The molecule has 0 aromatic carbocycles. The molecular formula is C15H26N2O3. The summed E-state index contributed by atoms with van der Waals surface area (Å²) >= 11 is 0. The maximum Gasteiger partial charge on any atom is 0.241 e. The summed E-state index contributed by atoms with van der Waals surface area (Å²) in [5.41, 5.74) is -0.851. The summed E-state index contributed by atoms with van der Waals surface area (Å²) in [5.74, 6) is -0.214. The summed E-state index contributed by atoms with van der Waals surface area (Å²) in [6.07, 6.45) is 7.91. The maximum absolute atomic E-state index is 11.9. The van der Waals surface area contributed by atoms with E-state index in [0.29, 0.717) is 12.8 Å². The van der Waals surface area contributed by atoms with E-state index >= 15 is 0 Å². The number of likely N-dealkylation sites (tertiary alicyclic amines) is 1. The molecule has 0 atom stereocenters. The summed E-state index contributed by atoms with van der Waals surface area (Å²) in [6, 6.07) is 0. The molecule has 5 nitrogen and oxygen atoms in total. The van der Waals surface area contributed by atoms with Crippen molar-refractivity contribution in [2.45, 2.75) is 63.4 Å². The fourth-order valence-corrected chi connectivity index (χ4v) is 3.18. The van der Waals surface area contributed by atoms with Gasteiger partial charge in [-0.05, 0) is 32.1 Å². The first-order valence-corrected chi connectivity index (χ1v) is 7.86. The molecule has 0 aromatic heterocycles. The highest BCUT2D eigenvalue weighted by molar-refractivity contribution is 5.85. The van der Waals surface area contributed by atoms with Crippen LogP contribution in [0, 0.1) is 0 Å². The van der Waals surface area contributed by atoms with Crippen molar-refractivity contribution < 1.29 is 14.7 Å². The molecule has 1 aliphatic heterocycles. The van der Waals surface area contributed by atoms with E-state index in [4.69, 9.17) is 0 Å². The Morgan fingerprint density at radius 2 is 1.60 bits per heavy atom. The van der Waals surface area contributed by atoms with Crippen LogP contribution in [-0.2, 0) is 9.59 Å². The molecule has 1 saturated heterocycles. The molecule has 1 heterocycles. The summed E-state index contributed by atoms with van der Waals surface area (Å²) in [7, 11) is 0. The number of nitrogens with one attached hydrogen (secondary N) is 1. The first-order chi connectivity index (χ1) is 9.59. The van der Waals surface area contributed by atoms with Gasteiger partial charge in [0, 0.05) is 13.1 Å². The van der Waals surface area contributed by atoms with E-state index in [1.165, 1.54) is 6.42 Å². The molecule has 114 valence electrons. The van der Waals surface area contributed by atoms with Gasteiger partial charge in [-0.2, -0.15) is 0 Å². The highest BCUT2D eigenvalue weighted by atomic mass is 16.3. The zero-order valence-electron chi connectivity index (χ0n) is 12.2. The Labute approximate surface area is 120 Å². The first-order valence-electron chi connectivity index (χ1n) is 7.86. The van der Waals surface area contributed by atoms with Crippen LogP contribution >= 0.6 is 0 Å². The SMILES string of the molecule is O=C(CC1(O)CCCCC1)NCC(=O)N1CCCCC1. The number of carbonyl (C=O) groups excluding carboxylic acids is 2. The van der Waals surface area contributed by atoms with Crippen LogP contribution in [0.2, 0.25) is 0 Å². The number of amides is 2. The molecule has 2 N–H and O–H groups in total. The van der Waals surface area contributed by atoms with Crippen LogP contribution in [0.5, 0.6) is 0 Å². The molecule has 0 bridgehead atoms. The van der Waals surface area contributed by atoms with E-state index in [0.717, 1.165) is 45.2 Å². The molecule has 2 aliphatic rings. The molecule has 1 saturated carbocycles. The minimum absolute atomic E-state index is 0.00585. The number of hydrogen-bond donors (Lipinski definition) is 2. The van der Waals surface area contributed by atoms with Crippen molar-refractivity contribution in [1.29, 1.82) is 0 Å². The lowest BCUT2D eigenvalue weighted by atomic mass is 9.82. The monoisotopic (exact) mass is 282 g/mol. The summed E-state index contributed by atoms with van der Waals surface area (Å²) in [6.45, 7) is 1.67. The van der Waals surface area contributed by atoms with Crippen LogP contribution < -0.4 is 5.32 Å². The number of nitrogens with zero attached hydrogens (tertiary/aromatic N) is 1. The van der Waals surface area contributed by atoms with Gasteiger partial charge in [-0.3, -0.25) is 9.59 Å². The van der Waals surface area contributed by atoms with Gasteiger partial charge >= 0.3 is 0 Å². The Morgan fingerprint density at radius 1 is 1.00 bits per heavy atom. The minimum atomic E-state index is -0.851. The predicted molar refractivity (Wildman–Crippen MR) is 76.1 cm³/mol. The number of aliphatic hydroxyl groups is 1. The van der Waals surface area contributed by atoms with Gasteiger partial charge in [-0.15, -0.1) is 0 Å². The molecule has 5 heteroatoms. The fraction of sp³-hybridized carbons (Fsp3) is 0.867. The smallest absolute Gasteiger partial charge is 0.241 e. The maximum atomic E-state index is 11.9. The molecule has 2 amide bonds. The number of carbonyl (C=O) groups is 2. The highest BCUT2D eigenvalue weighted by Gasteiger charge is 2.31. The first kappa shape index (κ1) is 15.3. The predicted octanol–water partition coefficient (Wildman–Crippen LogP) is 1.20. The van der Waals surface area contributed by atoms with Gasteiger partial charge in [0.05, 0.1) is 18.6 Å². The molecule has 2 rings (SSSR count). The van der Waals surface area contributed by atoms with E-state index in [1.54, 1.807) is 0 Å². The molecule has 2 fully saturated rings. The normalized spacial score (nSPS) is 22.4. The average molecular weight is 282 g/mol. The van der Waals surface area contributed by atoms with Gasteiger partial charge in [-0.25, -0.2) is 0 Å².